The SMILES string of the molecule is CNS(=O)(=O)c1cc(C(=O)Nc2nc(-c3ccc(NS(C)(=O)=O)cc3)cs2)cc(C)c1C. The molecule has 0 aliphatic rings. The van der Waals surface area contributed by atoms with Gasteiger partial charge < -0.3 is 0 Å². The number of nitrogens with zero attached hydrogens (tertiary/aromatic N) is 1. The molecule has 0 aliphatic heterocycles. The molecule has 0 saturated heterocycles. The molecule has 0 radical (unpaired) electrons. The Morgan fingerprint density at radius 3 is 2.28 bits per heavy atom. The van der Waals surface area contributed by atoms with Crippen LogP contribution >= 0.6 is 11.3 Å². The highest BCUT2D eigenvalue weighted by atomic mass is 32.2. The van der Waals surface area contributed by atoms with Gasteiger partial charge in [0.05, 0.1) is 16.8 Å². The number of nitrogens with one attached hydrogen (secondary N) is 3. The van der Waals surface area contributed by atoms with Crippen molar-refractivity contribution in [1.82, 2.24) is 9.71 Å². The van der Waals surface area contributed by atoms with E-state index in [0.717, 1.165) is 11.8 Å². The van der Waals surface area contributed by atoms with Crippen LogP contribution in [0, 0.1) is 13.8 Å². The van der Waals surface area contributed by atoms with Crippen LogP contribution in [0.3, 0.4) is 0 Å². The molecule has 12 heteroatoms. The van der Waals surface area contributed by atoms with Crippen molar-refractivity contribution in [3.05, 3.63) is 58.5 Å². The predicted octanol–water partition coefficient (Wildman–Crippen LogP) is 2.96. The van der Waals surface area contributed by atoms with E-state index in [1.165, 1.54) is 24.5 Å². The van der Waals surface area contributed by atoms with Crippen LogP contribution < -0.4 is 14.8 Å². The van der Waals surface area contributed by atoms with Crippen LogP contribution in [0.15, 0.2) is 46.7 Å². The second kappa shape index (κ2) is 8.98. The highest BCUT2D eigenvalue weighted by molar-refractivity contribution is 7.92. The van der Waals surface area contributed by atoms with Gasteiger partial charge in [0.25, 0.3) is 5.91 Å². The van der Waals surface area contributed by atoms with E-state index in [9.17, 15) is 21.6 Å². The van der Waals surface area contributed by atoms with Crippen LogP contribution in [0.5, 0.6) is 0 Å². The molecule has 0 spiro atoms. The van der Waals surface area contributed by atoms with Crippen LogP contribution in [-0.2, 0) is 20.0 Å². The molecule has 32 heavy (non-hydrogen) atoms. The third-order valence-corrected chi connectivity index (χ3v) is 7.55. The Kier molecular flexibility index (Phi) is 6.69. The van der Waals surface area contributed by atoms with Gasteiger partial charge in [-0.1, -0.05) is 12.1 Å². The fourth-order valence-corrected chi connectivity index (χ4v) is 5.25. The molecule has 1 heterocycles. The minimum absolute atomic E-state index is 0.0489. The molecule has 0 aliphatic carbocycles. The molecular formula is C20H22N4O5S3. The zero-order valence-electron chi connectivity index (χ0n) is 17.8. The Morgan fingerprint density at radius 2 is 1.69 bits per heavy atom. The Morgan fingerprint density at radius 1 is 1.03 bits per heavy atom. The normalized spacial score (nSPS) is 11.9. The van der Waals surface area contributed by atoms with Crippen LogP contribution in [0.25, 0.3) is 11.3 Å². The number of carbonyl (C=O) groups excluding carboxylic acids is 1. The highest BCUT2D eigenvalue weighted by Gasteiger charge is 2.20. The first-order chi connectivity index (χ1) is 14.9. The molecular weight excluding hydrogens is 472 g/mol. The van der Waals surface area contributed by atoms with Crippen molar-refractivity contribution in [2.45, 2.75) is 18.7 Å². The van der Waals surface area contributed by atoms with Crippen LogP contribution in [0.2, 0.25) is 0 Å². The maximum atomic E-state index is 12.7. The minimum Gasteiger partial charge on any atom is -0.298 e. The summed E-state index contributed by atoms with van der Waals surface area (Å²) in [5.41, 5.74) is 3.23. The molecule has 0 fully saturated rings. The number of hydrogen-bond acceptors (Lipinski definition) is 7. The van der Waals surface area contributed by atoms with Crippen molar-refractivity contribution in [1.29, 1.82) is 0 Å². The van der Waals surface area contributed by atoms with E-state index in [1.807, 2.05) is 0 Å². The summed E-state index contributed by atoms with van der Waals surface area (Å²) in [4.78, 5) is 17.2. The van der Waals surface area contributed by atoms with Crippen LogP contribution in [-0.4, -0.2) is 41.0 Å². The Bertz CT molecular complexity index is 1380. The smallest absolute Gasteiger partial charge is 0.257 e. The van der Waals surface area contributed by atoms with Crippen LogP contribution in [0.4, 0.5) is 10.8 Å². The number of benzene rings is 2. The fourth-order valence-electron chi connectivity index (χ4n) is 2.90. The molecule has 9 nitrogen and oxygen atoms in total. The molecule has 1 aromatic heterocycles. The zero-order valence-corrected chi connectivity index (χ0v) is 20.2. The lowest BCUT2D eigenvalue weighted by atomic mass is 10.1. The number of aromatic nitrogens is 1. The van der Waals surface area contributed by atoms with E-state index in [2.05, 4.69) is 19.7 Å². The van der Waals surface area contributed by atoms with Gasteiger partial charge in [0.15, 0.2) is 5.13 Å². The topological polar surface area (TPSA) is 134 Å². The van der Waals surface area contributed by atoms with Gasteiger partial charge in [0, 0.05) is 22.2 Å². The largest absolute Gasteiger partial charge is 0.298 e. The van der Waals surface area contributed by atoms with E-state index < -0.39 is 26.0 Å². The van der Waals surface area contributed by atoms with Gasteiger partial charge in [-0.3, -0.25) is 14.8 Å². The number of hydrogen-bond donors (Lipinski definition) is 3. The zero-order chi connectivity index (χ0) is 23.7. The van der Waals surface area contributed by atoms with E-state index in [4.69, 9.17) is 0 Å². The van der Waals surface area contributed by atoms with Crippen molar-refractivity contribution in [3.63, 3.8) is 0 Å². The van der Waals surface area contributed by atoms with Crippen molar-refractivity contribution in [2.24, 2.45) is 0 Å². The average Bonchev–Trinajstić information content (AvgIpc) is 3.17. The summed E-state index contributed by atoms with van der Waals surface area (Å²) >= 11 is 1.22. The first kappa shape index (κ1) is 23.9. The van der Waals surface area contributed by atoms with Gasteiger partial charge >= 0.3 is 0 Å². The second-order valence-corrected chi connectivity index (χ2v) is 11.5. The molecule has 0 unspecified atom stereocenters. The van der Waals surface area contributed by atoms with Gasteiger partial charge in [-0.2, -0.15) is 0 Å². The predicted molar refractivity (Wildman–Crippen MR) is 126 cm³/mol. The maximum Gasteiger partial charge on any atom is 0.257 e. The van der Waals surface area contributed by atoms with Crippen molar-refractivity contribution >= 4 is 48.1 Å². The van der Waals surface area contributed by atoms with Gasteiger partial charge in [0.1, 0.15) is 0 Å². The quantitative estimate of drug-likeness (QED) is 0.462. The molecule has 0 bridgehead atoms. The molecule has 3 N–H and O–H groups in total. The lowest BCUT2D eigenvalue weighted by molar-refractivity contribution is 0.102. The van der Waals surface area contributed by atoms with Gasteiger partial charge in [-0.15, -0.1) is 11.3 Å². The Labute approximate surface area is 191 Å². The molecule has 0 saturated carbocycles. The average molecular weight is 495 g/mol. The van der Waals surface area contributed by atoms with Gasteiger partial charge in [-0.05, 0) is 56.3 Å². The number of carbonyl (C=O) groups is 1. The molecule has 3 rings (SSSR count). The third kappa shape index (κ3) is 5.51. The molecule has 170 valence electrons. The number of thiazole rings is 1. The third-order valence-electron chi connectivity index (χ3n) is 4.65. The molecule has 3 aromatic rings. The lowest BCUT2D eigenvalue weighted by Gasteiger charge is -2.12. The monoisotopic (exact) mass is 494 g/mol. The number of anilines is 2. The van der Waals surface area contributed by atoms with Crippen molar-refractivity contribution in [3.8, 4) is 11.3 Å². The number of sulfonamides is 2. The summed E-state index contributed by atoms with van der Waals surface area (Å²) in [5, 5.41) is 4.80. The summed E-state index contributed by atoms with van der Waals surface area (Å²) in [5.74, 6) is -0.478. The fraction of sp³-hybridized carbons (Fsp3) is 0.200. The number of aryl methyl sites for hydroxylation is 1. The van der Waals surface area contributed by atoms with E-state index in [-0.39, 0.29) is 10.5 Å². The molecule has 0 atom stereocenters. The maximum absolute atomic E-state index is 12.7. The van der Waals surface area contributed by atoms with E-state index >= 15 is 0 Å². The Balaban J connectivity index is 1.81. The van der Waals surface area contributed by atoms with Gasteiger partial charge in [-0.25, -0.2) is 26.5 Å². The van der Waals surface area contributed by atoms with Crippen molar-refractivity contribution < 1.29 is 21.6 Å². The standard InChI is InChI=1S/C20H22N4O5S3/c1-12-9-15(10-18(13(12)2)32(28,29)21-3)19(25)23-20-22-17(11-30-20)14-5-7-16(8-6-14)24-31(4,26)27/h5-11,21,24H,1-4H3,(H,22,23,25). The van der Waals surface area contributed by atoms with E-state index in [0.29, 0.717) is 27.6 Å². The number of amides is 1. The number of rotatable bonds is 7. The minimum atomic E-state index is -3.71. The summed E-state index contributed by atoms with van der Waals surface area (Å²) in [6.07, 6.45) is 1.07. The summed E-state index contributed by atoms with van der Waals surface area (Å²) in [6.45, 7) is 3.43. The summed E-state index contributed by atoms with van der Waals surface area (Å²) in [6, 6.07) is 9.63. The highest BCUT2D eigenvalue weighted by Crippen LogP contribution is 2.27. The summed E-state index contributed by atoms with van der Waals surface area (Å²) in [7, 11) is -5.76. The first-order valence-corrected chi connectivity index (χ1v) is 13.5. The Hall–Kier alpha value is -2.80. The second-order valence-electron chi connectivity index (χ2n) is 7.07. The lowest BCUT2D eigenvalue weighted by Crippen LogP contribution is -2.21. The van der Waals surface area contributed by atoms with E-state index in [1.54, 1.807) is 49.6 Å². The van der Waals surface area contributed by atoms with Gasteiger partial charge in [0.2, 0.25) is 20.0 Å². The summed E-state index contributed by atoms with van der Waals surface area (Å²) < 4.78 is 51.8. The first-order valence-electron chi connectivity index (χ1n) is 9.29. The molecule has 1 amide bonds. The van der Waals surface area contributed by atoms with Crippen molar-refractivity contribution in [2.75, 3.05) is 23.3 Å². The molecule has 2 aromatic carbocycles. The van der Waals surface area contributed by atoms with Crippen LogP contribution in [0.1, 0.15) is 21.5 Å².